The smallest absolute Gasteiger partial charge is 0.0462 e. The van der Waals surface area contributed by atoms with E-state index in [0.29, 0.717) is 0 Å². The minimum Gasteiger partial charge on any atom is -0.356 e. The third-order valence-corrected chi connectivity index (χ3v) is 20.8. The second kappa shape index (κ2) is 35.9. The molecule has 0 aromatic heterocycles. The van der Waals surface area contributed by atoms with Crippen LogP contribution in [-0.4, -0.2) is 0 Å². The molecule has 0 saturated carbocycles. The van der Waals surface area contributed by atoms with Crippen molar-refractivity contribution in [2.75, 3.05) is 20.4 Å². The maximum absolute atomic E-state index is 3.50. The van der Waals surface area contributed by atoms with Crippen molar-refractivity contribution < 1.29 is 0 Å². The minimum absolute atomic E-state index is 1.07. The fourth-order valence-corrected chi connectivity index (χ4v) is 14.4. The first-order chi connectivity index (χ1) is 55.9. The molecule has 0 aliphatic carbocycles. The van der Waals surface area contributed by atoms with Crippen molar-refractivity contribution in [1.82, 2.24) is 0 Å². The van der Waals surface area contributed by atoms with Crippen LogP contribution < -0.4 is 20.4 Å². The number of nitrogens with zero attached hydrogens (tertiary/aromatic N) is 2. The summed E-state index contributed by atoms with van der Waals surface area (Å²) in [6.07, 6.45) is 0. The Morgan fingerprint density at radius 3 is 0.381 bits per heavy atom. The van der Waals surface area contributed by atoms with Gasteiger partial charge in [0.25, 0.3) is 0 Å². The summed E-state index contributed by atoms with van der Waals surface area (Å²) in [6.45, 7) is 0. The highest BCUT2D eigenvalue weighted by molar-refractivity contribution is 14.1. The summed E-state index contributed by atoms with van der Waals surface area (Å²) in [7, 11) is 0. The van der Waals surface area contributed by atoms with Crippen LogP contribution in [0.2, 0.25) is 0 Å². The highest BCUT2D eigenvalue weighted by atomic mass is 127. The molecule has 0 fully saturated rings. The molecular weight excluding hydrogens is 1480 g/mol. The first-order valence-electron chi connectivity index (χ1n) is 38.2. The zero-order valence-corrected chi connectivity index (χ0v) is 64.5. The van der Waals surface area contributed by atoms with E-state index in [9.17, 15) is 0 Å². The van der Waals surface area contributed by atoms with Crippen LogP contribution in [-0.2, 0) is 0 Å². The second-order valence-corrected chi connectivity index (χ2v) is 28.8. The lowest BCUT2D eigenvalue weighted by Crippen LogP contribution is -2.10. The highest BCUT2D eigenvalue weighted by Gasteiger charge is 2.17. The van der Waals surface area contributed by atoms with Crippen LogP contribution in [0.4, 0.5) is 56.9 Å². The fourth-order valence-electron chi connectivity index (χ4n) is 14.1. The first kappa shape index (κ1) is 73.1. The molecule has 0 bridgehead atoms. The summed E-state index contributed by atoms with van der Waals surface area (Å²) in [5.74, 6) is 0. The number of anilines is 10. The fraction of sp³-hybridized carbons (Fsp3) is 0. The van der Waals surface area contributed by atoms with E-state index in [0.717, 1.165) is 68.0 Å². The predicted molar refractivity (Wildman–Crippen MR) is 490 cm³/mol. The summed E-state index contributed by atoms with van der Waals surface area (Å²) in [5.41, 5.74) is 32.6. The van der Waals surface area contributed by atoms with Gasteiger partial charge in [-0.15, -0.1) is 0 Å². The Morgan fingerprint density at radius 1 is 0.124 bits per heavy atom. The van der Waals surface area contributed by atoms with Gasteiger partial charge in [0.15, 0.2) is 0 Å². The Balaban J connectivity index is 0.000000159. The molecule has 0 radical (unpaired) electrons. The van der Waals surface area contributed by atoms with Gasteiger partial charge in [0.2, 0.25) is 0 Å². The van der Waals surface area contributed by atoms with Crippen LogP contribution in [0.5, 0.6) is 0 Å². The SMILES string of the molecule is Ic1ccc(-c2ccccc2)cc1.c1ccc(-c2ccc(N(c3ccc(-c4ccccc4)cc3)c3ccc(-c4ccc(N(c5ccc(-c6ccccc6)cc5)c5ccc(-c6ccccc6)cc5)cc4)cc3)cc2)cc1.c1ccc(-c2ccc(Nc3ccc(-c4ccc(Nc5ccc(-c6ccccc6)cc5)cc4)cc3)cc2)cc1. The zero-order chi connectivity index (χ0) is 76.2. The Bertz CT molecular complexity index is 5440. The highest BCUT2D eigenvalue weighted by Crippen LogP contribution is 2.41. The topological polar surface area (TPSA) is 30.5 Å². The normalized spacial score (nSPS) is 10.7. The van der Waals surface area contributed by atoms with Crippen molar-refractivity contribution in [3.05, 3.63) is 483 Å². The molecule has 5 heteroatoms. The van der Waals surface area contributed by atoms with Gasteiger partial charge in [-0.25, -0.2) is 0 Å². The van der Waals surface area contributed by atoms with Crippen LogP contribution in [0.1, 0.15) is 0 Å². The van der Waals surface area contributed by atoms with Gasteiger partial charge >= 0.3 is 0 Å². The van der Waals surface area contributed by atoms with Gasteiger partial charge in [-0.2, -0.15) is 0 Å². The Hall–Kier alpha value is -14.1. The summed E-state index contributed by atoms with van der Waals surface area (Å²) in [4.78, 5) is 4.67. The van der Waals surface area contributed by atoms with Gasteiger partial charge in [-0.1, -0.05) is 346 Å². The largest absolute Gasteiger partial charge is 0.356 e. The third-order valence-electron chi connectivity index (χ3n) is 20.1. The number of benzene rings is 18. The lowest BCUT2D eigenvalue weighted by atomic mass is 10.0. The molecule has 0 aliphatic heterocycles. The summed E-state index contributed by atoms with van der Waals surface area (Å²) < 4.78 is 1.28. The molecule has 18 aromatic carbocycles. The molecule has 0 atom stereocenters. The van der Waals surface area contributed by atoms with Gasteiger partial charge < -0.3 is 20.4 Å². The van der Waals surface area contributed by atoms with Crippen molar-refractivity contribution in [2.24, 2.45) is 0 Å². The van der Waals surface area contributed by atoms with Gasteiger partial charge in [-0.3, -0.25) is 0 Å². The van der Waals surface area contributed by atoms with E-state index in [2.05, 4.69) is 504 Å². The molecule has 540 valence electrons. The van der Waals surface area contributed by atoms with Gasteiger partial charge in [0.05, 0.1) is 0 Å². The van der Waals surface area contributed by atoms with Gasteiger partial charge in [-0.05, 0) is 256 Å². The van der Waals surface area contributed by atoms with E-state index >= 15 is 0 Å². The predicted octanol–water partition coefficient (Wildman–Crippen LogP) is 31.1. The maximum atomic E-state index is 3.50. The van der Waals surface area contributed by atoms with Gasteiger partial charge in [0, 0.05) is 60.4 Å². The van der Waals surface area contributed by atoms with Crippen molar-refractivity contribution in [1.29, 1.82) is 0 Å². The molecule has 0 heterocycles. The Kier molecular flexibility index (Phi) is 23.2. The average molecular weight is 1560 g/mol. The van der Waals surface area contributed by atoms with E-state index in [-0.39, 0.29) is 0 Å². The van der Waals surface area contributed by atoms with Crippen molar-refractivity contribution in [3.63, 3.8) is 0 Å². The molecular formula is C108H81IN4. The molecule has 4 nitrogen and oxygen atoms in total. The summed E-state index contributed by atoms with van der Waals surface area (Å²) in [5, 5.41) is 7.00. The van der Waals surface area contributed by atoms with Crippen molar-refractivity contribution in [2.45, 2.75) is 0 Å². The Morgan fingerprint density at radius 2 is 0.239 bits per heavy atom. The zero-order valence-electron chi connectivity index (χ0n) is 62.4. The standard InChI is InChI=1S/C60H44N2.C36H28N2.C12H9I/c1-5-13-45(14-6-1)49-21-33-55(34-22-49)61(56-35-23-50(24-36-56)46-15-7-2-8-16-46)59-41-29-53(30-42-59)54-31-43-60(44-32-54)62(57-37-25-51(26-38-57)47-17-9-3-10-18-47)58-39-27-52(28-40-58)48-19-11-4-12-20-48;1-3-7-27(8-4-1)29-11-19-33(20-12-29)37-35-23-15-31(16-24-35)32-17-25-36(26-18-32)38-34-21-13-30(14-22-34)28-9-5-2-6-10-28;13-12-8-6-11(7-9-12)10-4-2-1-3-5-10/h1-44H;1-26,37-38H;1-9H. The Labute approximate surface area is 677 Å². The van der Waals surface area contributed by atoms with Crippen molar-refractivity contribution in [3.8, 4) is 100 Å². The first-order valence-corrected chi connectivity index (χ1v) is 39.3. The molecule has 0 amide bonds. The number of rotatable bonds is 19. The number of hydrogen-bond acceptors (Lipinski definition) is 4. The van der Waals surface area contributed by atoms with E-state index in [1.807, 2.05) is 18.2 Å². The maximum Gasteiger partial charge on any atom is 0.0462 e. The van der Waals surface area contributed by atoms with E-state index in [1.54, 1.807) is 0 Å². The van der Waals surface area contributed by atoms with Crippen LogP contribution in [0.3, 0.4) is 0 Å². The number of nitrogens with one attached hydrogen (secondary N) is 2. The molecule has 0 aliphatic rings. The molecule has 113 heavy (non-hydrogen) atoms. The van der Waals surface area contributed by atoms with Gasteiger partial charge in [0.1, 0.15) is 0 Å². The quantitative estimate of drug-likeness (QED) is 0.0790. The molecule has 0 spiro atoms. The van der Waals surface area contributed by atoms with Crippen LogP contribution in [0, 0.1) is 3.57 Å². The number of hydrogen-bond donors (Lipinski definition) is 2. The lowest BCUT2D eigenvalue weighted by molar-refractivity contribution is 1.28. The summed E-state index contributed by atoms with van der Waals surface area (Å²) in [6, 6.07) is 170. The minimum atomic E-state index is 1.07. The third kappa shape index (κ3) is 18.6. The average Bonchev–Trinajstić information content (AvgIpc) is 0.791. The molecule has 0 unspecified atom stereocenters. The number of halogens is 1. The lowest BCUT2D eigenvalue weighted by Gasteiger charge is -2.27. The monoisotopic (exact) mass is 1560 g/mol. The van der Waals surface area contributed by atoms with Crippen molar-refractivity contribution >= 4 is 79.5 Å². The van der Waals surface area contributed by atoms with E-state index in [1.165, 1.54) is 92.6 Å². The van der Waals surface area contributed by atoms with Crippen LogP contribution in [0.25, 0.3) is 100 Å². The molecule has 2 N–H and O–H groups in total. The molecule has 18 aromatic rings. The van der Waals surface area contributed by atoms with E-state index < -0.39 is 0 Å². The van der Waals surface area contributed by atoms with Crippen LogP contribution >= 0.6 is 22.6 Å². The van der Waals surface area contributed by atoms with E-state index in [4.69, 9.17) is 0 Å². The molecule has 0 saturated heterocycles. The second-order valence-electron chi connectivity index (χ2n) is 27.6. The van der Waals surface area contributed by atoms with Crippen LogP contribution in [0.15, 0.2) is 479 Å². The summed E-state index contributed by atoms with van der Waals surface area (Å²) >= 11 is 2.32. The molecule has 18 rings (SSSR count).